The summed E-state index contributed by atoms with van der Waals surface area (Å²) >= 11 is 0. The highest BCUT2D eigenvalue weighted by molar-refractivity contribution is 4.87. The highest BCUT2D eigenvalue weighted by Gasteiger charge is 2.31. The van der Waals surface area contributed by atoms with Gasteiger partial charge >= 0.3 is 0 Å². The Hall–Kier alpha value is -0.0800. The van der Waals surface area contributed by atoms with Gasteiger partial charge in [-0.1, -0.05) is 20.3 Å². The maximum Gasteiger partial charge on any atom is 0.0167 e. The Morgan fingerprint density at radius 1 is 1.13 bits per heavy atom. The van der Waals surface area contributed by atoms with Crippen LogP contribution in [-0.2, 0) is 0 Å². The molecule has 15 heavy (non-hydrogen) atoms. The minimum absolute atomic E-state index is 0.684. The fraction of sp³-hybridized carbons (Fsp3) is 1.00. The fourth-order valence-corrected chi connectivity index (χ4v) is 3.27. The molecule has 1 saturated carbocycles. The lowest BCUT2D eigenvalue weighted by atomic mass is 9.79. The van der Waals surface area contributed by atoms with Gasteiger partial charge in [0.15, 0.2) is 0 Å². The zero-order chi connectivity index (χ0) is 10.8. The zero-order valence-corrected chi connectivity index (χ0v) is 10.5. The molecule has 1 aliphatic carbocycles. The standard InChI is InChI=1S/C13H26N2/c1-10-4-5-11(2)13(8-10)15-7-6-14-12(3)9-15/h10-14H,4-9H2,1-3H3. The summed E-state index contributed by atoms with van der Waals surface area (Å²) in [6.45, 7) is 10.9. The molecule has 88 valence electrons. The van der Waals surface area contributed by atoms with E-state index in [0.29, 0.717) is 6.04 Å². The van der Waals surface area contributed by atoms with Crippen LogP contribution in [0.2, 0.25) is 0 Å². The first-order chi connectivity index (χ1) is 7.16. The summed E-state index contributed by atoms with van der Waals surface area (Å²) in [6.07, 6.45) is 4.30. The Bertz CT molecular complexity index is 205. The van der Waals surface area contributed by atoms with Crippen LogP contribution in [0.15, 0.2) is 0 Å². The summed E-state index contributed by atoms with van der Waals surface area (Å²) in [4.78, 5) is 2.74. The van der Waals surface area contributed by atoms with Crippen LogP contribution in [0.1, 0.15) is 40.0 Å². The molecule has 0 aromatic carbocycles. The number of nitrogens with one attached hydrogen (secondary N) is 1. The van der Waals surface area contributed by atoms with Crippen molar-refractivity contribution in [3.63, 3.8) is 0 Å². The van der Waals surface area contributed by atoms with Gasteiger partial charge in [0.2, 0.25) is 0 Å². The van der Waals surface area contributed by atoms with E-state index in [0.717, 1.165) is 17.9 Å². The Kier molecular flexibility index (Phi) is 3.68. The molecule has 0 spiro atoms. The summed E-state index contributed by atoms with van der Waals surface area (Å²) in [5, 5.41) is 3.54. The van der Waals surface area contributed by atoms with Crippen molar-refractivity contribution < 1.29 is 0 Å². The molecule has 1 heterocycles. The summed E-state index contributed by atoms with van der Waals surface area (Å²) in [5.74, 6) is 1.85. The van der Waals surface area contributed by atoms with Gasteiger partial charge in [0, 0.05) is 31.7 Å². The maximum absolute atomic E-state index is 3.54. The van der Waals surface area contributed by atoms with E-state index in [9.17, 15) is 0 Å². The van der Waals surface area contributed by atoms with E-state index in [1.165, 1.54) is 38.9 Å². The van der Waals surface area contributed by atoms with E-state index >= 15 is 0 Å². The number of hydrogen-bond donors (Lipinski definition) is 1. The fourth-order valence-electron chi connectivity index (χ4n) is 3.27. The van der Waals surface area contributed by atoms with E-state index in [1.807, 2.05) is 0 Å². The van der Waals surface area contributed by atoms with Crippen molar-refractivity contribution in [2.45, 2.75) is 52.1 Å². The summed E-state index contributed by atoms with van der Waals surface area (Å²) in [6, 6.07) is 1.54. The lowest BCUT2D eigenvalue weighted by Gasteiger charge is -2.44. The van der Waals surface area contributed by atoms with E-state index < -0.39 is 0 Å². The third kappa shape index (κ3) is 2.73. The lowest BCUT2D eigenvalue weighted by molar-refractivity contribution is 0.0674. The van der Waals surface area contributed by atoms with Crippen LogP contribution in [-0.4, -0.2) is 36.6 Å². The van der Waals surface area contributed by atoms with Crippen molar-refractivity contribution in [2.75, 3.05) is 19.6 Å². The minimum atomic E-state index is 0.684. The monoisotopic (exact) mass is 210 g/mol. The van der Waals surface area contributed by atoms with Gasteiger partial charge < -0.3 is 5.32 Å². The predicted octanol–water partition coefficient (Wildman–Crippen LogP) is 2.10. The molecule has 0 bridgehead atoms. The topological polar surface area (TPSA) is 15.3 Å². The molecule has 0 aromatic heterocycles. The first kappa shape index (κ1) is 11.4. The summed E-state index contributed by atoms with van der Waals surface area (Å²) < 4.78 is 0. The van der Waals surface area contributed by atoms with Crippen molar-refractivity contribution in [1.82, 2.24) is 10.2 Å². The molecule has 0 radical (unpaired) electrons. The summed E-state index contributed by atoms with van der Waals surface area (Å²) in [5.41, 5.74) is 0. The van der Waals surface area contributed by atoms with Crippen molar-refractivity contribution in [3.05, 3.63) is 0 Å². The van der Waals surface area contributed by atoms with Crippen LogP contribution >= 0.6 is 0 Å². The van der Waals surface area contributed by atoms with Gasteiger partial charge in [0.05, 0.1) is 0 Å². The predicted molar refractivity (Wildman–Crippen MR) is 65.0 cm³/mol. The van der Waals surface area contributed by atoms with E-state index in [4.69, 9.17) is 0 Å². The van der Waals surface area contributed by atoms with Gasteiger partial charge in [0.25, 0.3) is 0 Å². The van der Waals surface area contributed by atoms with Gasteiger partial charge in [-0.25, -0.2) is 0 Å². The van der Waals surface area contributed by atoms with E-state index in [2.05, 4.69) is 31.0 Å². The van der Waals surface area contributed by atoms with Gasteiger partial charge in [-0.15, -0.1) is 0 Å². The molecule has 0 amide bonds. The first-order valence-electron chi connectivity index (χ1n) is 6.64. The van der Waals surface area contributed by atoms with E-state index in [1.54, 1.807) is 0 Å². The summed E-state index contributed by atoms with van der Waals surface area (Å²) in [7, 11) is 0. The van der Waals surface area contributed by atoms with Crippen LogP contribution in [0.25, 0.3) is 0 Å². The van der Waals surface area contributed by atoms with Crippen LogP contribution in [0.5, 0.6) is 0 Å². The second-order valence-electron chi connectivity index (χ2n) is 5.81. The molecule has 2 rings (SSSR count). The van der Waals surface area contributed by atoms with Gasteiger partial charge in [0.1, 0.15) is 0 Å². The van der Waals surface area contributed by atoms with Crippen molar-refractivity contribution in [2.24, 2.45) is 11.8 Å². The van der Waals surface area contributed by atoms with Gasteiger partial charge in [-0.05, 0) is 31.6 Å². The van der Waals surface area contributed by atoms with E-state index in [-0.39, 0.29) is 0 Å². The minimum Gasteiger partial charge on any atom is -0.312 e. The van der Waals surface area contributed by atoms with Crippen LogP contribution < -0.4 is 5.32 Å². The first-order valence-corrected chi connectivity index (χ1v) is 6.64. The van der Waals surface area contributed by atoms with Crippen molar-refractivity contribution in [3.8, 4) is 0 Å². The van der Waals surface area contributed by atoms with Gasteiger partial charge in [-0.3, -0.25) is 4.90 Å². The Morgan fingerprint density at radius 3 is 2.67 bits per heavy atom. The molecule has 1 saturated heterocycles. The van der Waals surface area contributed by atoms with Crippen LogP contribution in [0.4, 0.5) is 0 Å². The molecule has 2 aliphatic rings. The lowest BCUT2D eigenvalue weighted by Crippen LogP contribution is -2.55. The van der Waals surface area contributed by atoms with Gasteiger partial charge in [-0.2, -0.15) is 0 Å². The number of hydrogen-bond acceptors (Lipinski definition) is 2. The number of nitrogens with zero attached hydrogens (tertiary/aromatic N) is 1. The average molecular weight is 210 g/mol. The molecule has 2 heteroatoms. The van der Waals surface area contributed by atoms with Crippen LogP contribution in [0.3, 0.4) is 0 Å². The van der Waals surface area contributed by atoms with Crippen molar-refractivity contribution in [1.29, 1.82) is 0 Å². The number of rotatable bonds is 1. The Balaban J connectivity index is 1.94. The molecule has 2 nitrogen and oxygen atoms in total. The van der Waals surface area contributed by atoms with Crippen LogP contribution in [0, 0.1) is 11.8 Å². The molecule has 1 N–H and O–H groups in total. The highest BCUT2D eigenvalue weighted by atomic mass is 15.2. The SMILES string of the molecule is CC1CCC(C)C(N2CCNC(C)C2)C1. The zero-order valence-electron chi connectivity index (χ0n) is 10.5. The molecule has 4 unspecified atom stereocenters. The second-order valence-corrected chi connectivity index (χ2v) is 5.81. The smallest absolute Gasteiger partial charge is 0.0167 e. The maximum atomic E-state index is 3.54. The highest BCUT2D eigenvalue weighted by Crippen LogP contribution is 2.32. The van der Waals surface area contributed by atoms with Crippen molar-refractivity contribution >= 4 is 0 Å². The molecule has 0 aromatic rings. The average Bonchev–Trinajstić information content (AvgIpc) is 2.22. The Morgan fingerprint density at radius 2 is 1.93 bits per heavy atom. The normalized spacial score (nSPS) is 44.2. The molecular weight excluding hydrogens is 184 g/mol. The molecule has 2 fully saturated rings. The Labute approximate surface area is 94.4 Å². The third-order valence-electron chi connectivity index (χ3n) is 4.28. The molecule has 1 aliphatic heterocycles. The largest absolute Gasteiger partial charge is 0.312 e. The molecule has 4 atom stereocenters. The third-order valence-corrected chi connectivity index (χ3v) is 4.28. The number of piperazine rings is 1. The quantitative estimate of drug-likeness (QED) is 0.713. The molecular formula is C13H26N2. The second kappa shape index (κ2) is 4.84.